The van der Waals surface area contributed by atoms with E-state index >= 15 is 0 Å². The molecule has 1 saturated heterocycles. The minimum absolute atomic E-state index is 0.369. The van der Waals surface area contributed by atoms with E-state index in [1.807, 2.05) is 0 Å². The van der Waals surface area contributed by atoms with Crippen LogP contribution < -0.4 is 10.6 Å². The molecule has 1 aliphatic heterocycles. The van der Waals surface area contributed by atoms with Gasteiger partial charge in [-0.25, -0.2) is 0 Å². The maximum absolute atomic E-state index is 5.48. The highest BCUT2D eigenvalue weighted by molar-refractivity contribution is 4.73. The molecule has 1 heterocycles. The van der Waals surface area contributed by atoms with Crippen molar-refractivity contribution in [3.8, 4) is 0 Å². The lowest BCUT2D eigenvalue weighted by Crippen LogP contribution is -2.40. The van der Waals surface area contributed by atoms with Crippen molar-refractivity contribution < 1.29 is 4.74 Å². The summed E-state index contributed by atoms with van der Waals surface area (Å²) >= 11 is 0. The SMILES string of the molecule is CC(C)OCCCNC1CCNCC1. The minimum Gasteiger partial charge on any atom is -0.379 e. The van der Waals surface area contributed by atoms with Crippen molar-refractivity contribution in [3.63, 3.8) is 0 Å². The molecule has 0 unspecified atom stereocenters. The van der Waals surface area contributed by atoms with E-state index in [2.05, 4.69) is 24.5 Å². The van der Waals surface area contributed by atoms with Gasteiger partial charge in [-0.2, -0.15) is 0 Å². The van der Waals surface area contributed by atoms with Crippen molar-refractivity contribution in [2.24, 2.45) is 0 Å². The molecule has 1 aliphatic rings. The first-order valence-corrected chi connectivity index (χ1v) is 5.84. The highest BCUT2D eigenvalue weighted by Crippen LogP contribution is 2.01. The lowest BCUT2D eigenvalue weighted by molar-refractivity contribution is 0.0765. The van der Waals surface area contributed by atoms with Crippen molar-refractivity contribution >= 4 is 0 Å². The van der Waals surface area contributed by atoms with Crippen molar-refractivity contribution in [2.75, 3.05) is 26.2 Å². The van der Waals surface area contributed by atoms with Crippen LogP contribution in [0.1, 0.15) is 33.1 Å². The van der Waals surface area contributed by atoms with Crippen molar-refractivity contribution in [3.05, 3.63) is 0 Å². The van der Waals surface area contributed by atoms with E-state index < -0.39 is 0 Å². The second-order valence-corrected chi connectivity index (χ2v) is 4.25. The fourth-order valence-electron chi connectivity index (χ4n) is 1.72. The molecule has 3 heteroatoms. The standard InChI is InChI=1S/C11H24N2O/c1-10(2)14-9-3-6-13-11-4-7-12-8-5-11/h10-13H,3-9H2,1-2H3. The van der Waals surface area contributed by atoms with Gasteiger partial charge in [-0.3, -0.25) is 0 Å². The molecule has 0 bridgehead atoms. The largest absolute Gasteiger partial charge is 0.379 e. The fourth-order valence-corrected chi connectivity index (χ4v) is 1.72. The monoisotopic (exact) mass is 200 g/mol. The zero-order valence-corrected chi connectivity index (χ0v) is 9.51. The van der Waals surface area contributed by atoms with Crippen LogP contribution in [0.15, 0.2) is 0 Å². The molecule has 1 rings (SSSR count). The Morgan fingerprint density at radius 2 is 2.07 bits per heavy atom. The second kappa shape index (κ2) is 7.21. The molecule has 14 heavy (non-hydrogen) atoms. The van der Waals surface area contributed by atoms with E-state index in [1.54, 1.807) is 0 Å². The first-order valence-electron chi connectivity index (χ1n) is 5.84. The fraction of sp³-hybridized carbons (Fsp3) is 1.00. The highest BCUT2D eigenvalue weighted by Gasteiger charge is 2.10. The van der Waals surface area contributed by atoms with Crippen LogP contribution in [-0.4, -0.2) is 38.4 Å². The Bertz CT molecular complexity index is 133. The van der Waals surface area contributed by atoms with Gasteiger partial charge in [0.05, 0.1) is 6.10 Å². The van der Waals surface area contributed by atoms with Crippen LogP contribution in [0.5, 0.6) is 0 Å². The van der Waals surface area contributed by atoms with E-state index in [0.29, 0.717) is 6.10 Å². The van der Waals surface area contributed by atoms with Gasteiger partial charge in [0, 0.05) is 12.6 Å². The summed E-state index contributed by atoms with van der Waals surface area (Å²) < 4.78 is 5.48. The smallest absolute Gasteiger partial charge is 0.0518 e. The molecule has 0 aromatic carbocycles. The van der Waals surface area contributed by atoms with Gasteiger partial charge in [-0.15, -0.1) is 0 Å². The summed E-state index contributed by atoms with van der Waals surface area (Å²) in [5.41, 5.74) is 0. The Balaban J connectivity index is 1.87. The quantitative estimate of drug-likeness (QED) is 0.631. The molecule has 0 saturated carbocycles. The molecule has 0 amide bonds. The summed E-state index contributed by atoms with van der Waals surface area (Å²) in [6, 6.07) is 0.732. The maximum atomic E-state index is 5.48. The first-order chi connectivity index (χ1) is 6.79. The lowest BCUT2D eigenvalue weighted by atomic mass is 10.1. The number of nitrogens with one attached hydrogen (secondary N) is 2. The predicted octanol–water partition coefficient (Wildman–Crippen LogP) is 1.14. The highest BCUT2D eigenvalue weighted by atomic mass is 16.5. The van der Waals surface area contributed by atoms with Gasteiger partial charge in [0.25, 0.3) is 0 Å². The van der Waals surface area contributed by atoms with Crippen molar-refractivity contribution in [1.29, 1.82) is 0 Å². The Kier molecular flexibility index (Phi) is 6.15. The zero-order valence-electron chi connectivity index (χ0n) is 9.51. The van der Waals surface area contributed by atoms with Gasteiger partial charge < -0.3 is 15.4 Å². The lowest BCUT2D eigenvalue weighted by Gasteiger charge is -2.23. The van der Waals surface area contributed by atoms with E-state index in [4.69, 9.17) is 4.74 Å². The first kappa shape index (κ1) is 12.0. The van der Waals surface area contributed by atoms with Crippen molar-refractivity contribution in [1.82, 2.24) is 10.6 Å². The molecule has 0 aromatic rings. The molecule has 2 N–H and O–H groups in total. The van der Waals surface area contributed by atoms with E-state index in [1.165, 1.54) is 25.9 Å². The number of hydrogen-bond acceptors (Lipinski definition) is 3. The van der Waals surface area contributed by atoms with Crippen LogP contribution in [-0.2, 0) is 4.74 Å². The summed E-state index contributed by atoms with van der Waals surface area (Å²) in [7, 11) is 0. The summed E-state index contributed by atoms with van der Waals surface area (Å²) in [4.78, 5) is 0. The van der Waals surface area contributed by atoms with Crippen LogP contribution in [0.4, 0.5) is 0 Å². The second-order valence-electron chi connectivity index (χ2n) is 4.25. The molecule has 3 nitrogen and oxygen atoms in total. The Labute approximate surface area is 87.6 Å². The minimum atomic E-state index is 0.369. The Morgan fingerprint density at radius 1 is 1.36 bits per heavy atom. The maximum Gasteiger partial charge on any atom is 0.0518 e. The summed E-state index contributed by atoms with van der Waals surface area (Å²) in [6.07, 6.45) is 4.03. The molecule has 0 radical (unpaired) electrons. The molecule has 1 fully saturated rings. The number of piperidine rings is 1. The Hall–Kier alpha value is -0.120. The third kappa shape index (κ3) is 5.58. The Morgan fingerprint density at radius 3 is 2.71 bits per heavy atom. The van der Waals surface area contributed by atoms with Crippen molar-refractivity contribution in [2.45, 2.75) is 45.3 Å². The number of rotatable bonds is 6. The van der Waals surface area contributed by atoms with Crippen LogP contribution in [0.25, 0.3) is 0 Å². The van der Waals surface area contributed by atoms with Crippen LogP contribution in [0.2, 0.25) is 0 Å². The zero-order chi connectivity index (χ0) is 10.2. The van der Waals surface area contributed by atoms with E-state index in [-0.39, 0.29) is 0 Å². The molecule has 0 aliphatic carbocycles. The van der Waals surface area contributed by atoms with Gasteiger partial charge in [0.2, 0.25) is 0 Å². The average Bonchev–Trinajstić information content (AvgIpc) is 2.18. The molecular formula is C11H24N2O. The summed E-state index contributed by atoms with van der Waals surface area (Å²) in [5.74, 6) is 0. The summed E-state index contributed by atoms with van der Waals surface area (Å²) in [6.45, 7) is 8.48. The number of hydrogen-bond donors (Lipinski definition) is 2. The van der Waals surface area contributed by atoms with Crippen LogP contribution in [0, 0.1) is 0 Å². The third-order valence-corrected chi connectivity index (χ3v) is 2.54. The van der Waals surface area contributed by atoms with Crippen LogP contribution >= 0.6 is 0 Å². The van der Waals surface area contributed by atoms with Gasteiger partial charge in [-0.05, 0) is 52.7 Å². The van der Waals surface area contributed by atoms with Gasteiger partial charge >= 0.3 is 0 Å². The number of ether oxygens (including phenoxy) is 1. The van der Waals surface area contributed by atoms with E-state index in [9.17, 15) is 0 Å². The molecule has 84 valence electrons. The molecule has 0 atom stereocenters. The third-order valence-electron chi connectivity index (χ3n) is 2.54. The van der Waals surface area contributed by atoms with E-state index in [0.717, 1.165) is 25.6 Å². The van der Waals surface area contributed by atoms with Crippen LogP contribution in [0.3, 0.4) is 0 Å². The molecule has 0 spiro atoms. The normalized spacial score (nSPS) is 19.1. The average molecular weight is 200 g/mol. The predicted molar refractivity (Wildman–Crippen MR) is 59.6 cm³/mol. The van der Waals surface area contributed by atoms with Gasteiger partial charge in [-0.1, -0.05) is 0 Å². The van der Waals surface area contributed by atoms with Gasteiger partial charge in [0.15, 0.2) is 0 Å². The topological polar surface area (TPSA) is 33.3 Å². The van der Waals surface area contributed by atoms with Gasteiger partial charge in [0.1, 0.15) is 0 Å². The molecular weight excluding hydrogens is 176 g/mol. The summed E-state index contributed by atoms with van der Waals surface area (Å²) in [5, 5.41) is 6.94. The molecule has 0 aromatic heterocycles.